The first-order chi connectivity index (χ1) is 16.4. The molecule has 1 saturated heterocycles. The van der Waals surface area contributed by atoms with Crippen LogP contribution < -0.4 is 5.32 Å². The minimum absolute atomic E-state index is 0.00973. The molecule has 184 valence electrons. The number of nitrogens with one attached hydrogen (secondary N) is 2. The van der Waals surface area contributed by atoms with Crippen LogP contribution in [-0.2, 0) is 11.2 Å². The fourth-order valence-corrected chi connectivity index (χ4v) is 5.45. The van der Waals surface area contributed by atoms with Gasteiger partial charge in [0.1, 0.15) is 23.1 Å². The van der Waals surface area contributed by atoms with Gasteiger partial charge in [0.2, 0.25) is 0 Å². The number of benzene rings is 2. The van der Waals surface area contributed by atoms with Crippen LogP contribution in [-0.4, -0.2) is 56.0 Å². The number of halogens is 2. The van der Waals surface area contributed by atoms with Crippen molar-refractivity contribution in [1.29, 1.82) is 0 Å². The lowest BCUT2D eigenvalue weighted by molar-refractivity contribution is -0.133. The molecule has 2 aliphatic rings. The predicted molar refractivity (Wildman–Crippen MR) is 132 cm³/mol. The maximum absolute atomic E-state index is 14.3. The first-order valence-electron chi connectivity index (χ1n) is 11.6. The van der Waals surface area contributed by atoms with Gasteiger partial charge in [-0.25, -0.2) is 9.18 Å². The highest BCUT2D eigenvalue weighted by Crippen LogP contribution is 2.49. The van der Waals surface area contributed by atoms with Gasteiger partial charge in [0.05, 0.1) is 5.02 Å². The van der Waals surface area contributed by atoms with E-state index in [-0.39, 0.29) is 35.2 Å². The van der Waals surface area contributed by atoms with Crippen LogP contribution >= 0.6 is 11.6 Å². The van der Waals surface area contributed by atoms with E-state index in [0.29, 0.717) is 28.7 Å². The van der Waals surface area contributed by atoms with E-state index >= 15 is 0 Å². The summed E-state index contributed by atoms with van der Waals surface area (Å²) in [5, 5.41) is 14.2. The van der Waals surface area contributed by atoms with Crippen LogP contribution in [0.25, 0.3) is 10.9 Å². The smallest absolute Gasteiger partial charge is 0.328 e. The maximum Gasteiger partial charge on any atom is 0.328 e. The normalized spacial score (nSPS) is 22.2. The molecule has 2 atom stereocenters. The van der Waals surface area contributed by atoms with Crippen LogP contribution in [0.2, 0.25) is 5.02 Å². The van der Waals surface area contributed by atoms with Crippen LogP contribution in [0.4, 0.5) is 9.18 Å². The Morgan fingerprint density at radius 1 is 1.26 bits per heavy atom. The van der Waals surface area contributed by atoms with Gasteiger partial charge in [-0.1, -0.05) is 23.7 Å². The molecule has 7 nitrogen and oxygen atoms in total. The third-order valence-corrected chi connectivity index (χ3v) is 7.17. The molecule has 0 bridgehead atoms. The van der Waals surface area contributed by atoms with Gasteiger partial charge in [0.15, 0.2) is 0 Å². The summed E-state index contributed by atoms with van der Waals surface area (Å²) in [6, 6.07) is 8.46. The van der Waals surface area contributed by atoms with Gasteiger partial charge in [-0.3, -0.25) is 14.6 Å². The molecule has 2 aromatic carbocycles. The molecule has 3 N–H and O–H groups in total. The lowest BCUT2D eigenvalue weighted by Crippen LogP contribution is -2.53. The maximum atomic E-state index is 14.3. The fraction of sp³-hybridized carbons (Fsp3) is 0.385. The molecule has 0 aliphatic carbocycles. The number of carbonyl (C=O) groups is 2. The number of imide groups is 1. The summed E-state index contributed by atoms with van der Waals surface area (Å²) in [7, 11) is 0. The zero-order valence-electron chi connectivity index (χ0n) is 20.1. The van der Waals surface area contributed by atoms with Gasteiger partial charge in [0.25, 0.3) is 5.91 Å². The Hall–Kier alpha value is -3.10. The molecule has 2 aliphatic heterocycles. The van der Waals surface area contributed by atoms with E-state index in [2.05, 4.69) is 10.3 Å². The molecular formula is C26H28ClFN4O3. The minimum atomic E-state index is -1.15. The van der Waals surface area contributed by atoms with Crippen LogP contribution in [0, 0.1) is 5.82 Å². The van der Waals surface area contributed by atoms with Crippen molar-refractivity contribution in [3.63, 3.8) is 0 Å². The van der Waals surface area contributed by atoms with E-state index < -0.39 is 23.4 Å². The van der Waals surface area contributed by atoms with Crippen LogP contribution in [0.1, 0.15) is 50.6 Å². The van der Waals surface area contributed by atoms with Crippen molar-refractivity contribution >= 4 is 34.4 Å². The van der Waals surface area contributed by atoms with E-state index in [1.165, 1.54) is 11.0 Å². The van der Waals surface area contributed by atoms with Crippen molar-refractivity contribution in [1.82, 2.24) is 20.1 Å². The predicted octanol–water partition coefficient (Wildman–Crippen LogP) is 4.72. The van der Waals surface area contributed by atoms with Crippen molar-refractivity contribution < 1.29 is 19.1 Å². The Morgan fingerprint density at radius 3 is 2.69 bits per heavy atom. The van der Waals surface area contributed by atoms with Gasteiger partial charge in [-0.2, -0.15) is 0 Å². The van der Waals surface area contributed by atoms with E-state index in [9.17, 15) is 19.1 Å². The number of H-pyrrole nitrogens is 1. The molecule has 35 heavy (non-hydrogen) atoms. The molecule has 0 radical (unpaired) electrons. The van der Waals surface area contributed by atoms with Crippen LogP contribution in [0.5, 0.6) is 5.75 Å². The average Bonchev–Trinajstić information content (AvgIpc) is 3.19. The Morgan fingerprint density at radius 2 is 2.00 bits per heavy atom. The van der Waals surface area contributed by atoms with Gasteiger partial charge < -0.3 is 15.4 Å². The van der Waals surface area contributed by atoms with Gasteiger partial charge in [0, 0.05) is 41.6 Å². The summed E-state index contributed by atoms with van der Waals surface area (Å²) in [6.07, 6.45) is 0.257. The summed E-state index contributed by atoms with van der Waals surface area (Å²) in [6.45, 7) is 8.54. The van der Waals surface area contributed by atoms with Crippen molar-refractivity contribution in [2.75, 3.05) is 13.1 Å². The Balaban J connectivity index is 1.65. The number of carbonyl (C=O) groups excluding carboxylic acids is 2. The summed E-state index contributed by atoms with van der Waals surface area (Å²) >= 11 is 6.11. The minimum Gasteiger partial charge on any atom is -0.508 e. The molecule has 5 rings (SSSR count). The molecule has 3 aromatic rings. The molecule has 1 aromatic heterocycles. The second kappa shape index (κ2) is 7.96. The highest BCUT2D eigenvalue weighted by Gasteiger charge is 2.60. The van der Waals surface area contributed by atoms with E-state index in [4.69, 9.17) is 11.6 Å². The number of rotatable bonds is 4. The number of fused-ring (bicyclic) bond motifs is 4. The molecule has 1 fully saturated rings. The number of aromatic amines is 1. The number of amides is 3. The third kappa shape index (κ3) is 3.76. The molecule has 9 heteroatoms. The summed E-state index contributed by atoms with van der Waals surface area (Å²) in [5.41, 5.74) is 1.37. The monoisotopic (exact) mass is 498 g/mol. The van der Waals surface area contributed by atoms with Crippen LogP contribution in [0.15, 0.2) is 36.4 Å². The number of urea groups is 1. The quantitative estimate of drug-likeness (QED) is 0.454. The van der Waals surface area contributed by atoms with Gasteiger partial charge in [-0.15, -0.1) is 0 Å². The lowest BCUT2D eigenvalue weighted by atomic mass is 9.81. The van der Waals surface area contributed by atoms with E-state index in [1.54, 1.807) is 42.2 Å². The largest absolute Gasteiger partial charge is 0.508 e. The van der Waals surface area contributed by atoms with E-state index in [0.717, 1.165) is 5.56 Å². The second-order valence-corrected chi connectivity index (χ2v) is 11.0. The SMILES string of the molecule is CC(C)(C)NCCN1C(=O)N2C(c3cccc(O)c3)c3[nH]c4cc(F)c(Cl)cc4c3CC2(C)C1=O. The summed E-state index contributed by atoms with van der Waals surface area (Å²) in [5.74, 6) is -0.787. The number of nitrogens with zero attached hydrogens (tertiary/aromatic N) is 2. The van der Waals surface area contributed by atoms with E-state index in [1.807, 2.05) is 20.8 Å². The summed E-state index contributed by atoms with van der Waals surface area (Å²) in [4.78, 5) is 33.7. The number of aromatic hydroxyl groups is 1. The zero-order valence-corrected chi connectivity index (χ0v) is 20.8. The highest BCUT2D eigenvalue weighted by atomic mass is 35.5. The number of phenolic OH excluding ortho intramolecular Hbond substituents is 1. The van der Waals surface area contributed by atoms with Crippen molar-refractivity contribution in [3.05, 3.63) is 64.1 Å². The lowest BCUT2D eigenvalue weighted by Gasteiger charge is -2.42. The summed E-state index contributed by atoms with van der Waals surface area (Å²) < 4.78 is 14.3. The number of phenols is 1. The standard InChI is InChI=1S/C26H28ClFN4O3/c1-25(2,3)29-8-9-31-23(34)26(4)13-17-16-11-18(27)19(28)12-20(16)30-21(17)22(32(26)24(31)35)14-6-5-7-15(33)10-14/h5-7,10-12,22,29-30,33H,8-9,13H2,1-4H3. The first kappa shape index (κ1) is 23.6. The first-order valence-corrected chi connectivity index (χ1v) is 12.0. The van der Waals surface area contributed by atoms with Crippen LogP contribution in [0.3, 0.4) is 0 Å². The second-order valence-electron chi connectivity index (χ2n) is 10.6. The van der Waals surface area contributed by atoms with Crippen molar-refractivity contribution in [3.8, 4) is 5.75 Å². The topological polar surface area (TPSA) is 88.7 Å². The third-order valence-electron chi connectivity index (χ3n) is 6.88. The molecule has 3 amide bonds. The zero-order chi connectivity index (χ0) is 25.3. The van der Waals surface area contributed by atoms with Gasteiger partial charge in [-0.05, 0) is 63.1 Å². The van der Waals surface area contributed by atoms with Crippen molar-refractivity contribution in [2.24, 2.45) is 0 Å². The molecule has 2 unspecified atom stereocenters. The van der Waals surface area contributed by atoms with Gasteiger partial charge >= 0.3 is 6.03 Å². The fourth-order valence-electron chi connectivity index (χ4n) is 5.29. The molecule has 0 saturated carbocycles. The Kier molecular flexibility index (Phi) is 5.38. The average molecular weight is 499 g/mol. The number of hydrogen-bond donors (Lipinski definition) is 3. The Labute approximate surface area is 207 Å². The molecule has 3 heterocycles. The highest BCUT2D eigenvalue weighted by molar-refractivity contribution is 6.31. The Bertz CT molecular complexity index is 1360. The molecule has 0 spiro atoms. The molecular weight excluding hydrogens is 471 g/mol. The number of aromatic nitrogens is 1. The van der Waals surface area contributed by atoms with Crippen molar-refractivity contribution in [2.45, 2.75) is 51.2 Å². The number of hydrogen-bond acceptors (Lipinski definition) is 4.